The van der Waals surface area contributed by atoms with Gasteiger partial charge >= 0.3 is 0 Å². The molecule has 2 amide bonds. The lowest BCUT2D eigenvalue weighted by atomic mass is 10.1. The van der Waals surface area contributed by atoms with Gasteiger partial charge in [0.05, 0.1) is 6.04 Å². The van der Waals surface area contributed by atoms with Crippen molar-refractivity contribution < 1.29 is 18.4 Å². The van der Waals surface area contributed by atoms with E-state index in [4.69, 9.17) is 4.42 Å². The number of benzene rings is 2. The monoisotopic (exact) mass is 380 g/mol. The minimum atomic E-state index is -0.343. The standard InChI is InChI=1S/C22H21FN2O3/c1-3-21(26)25-18-10-6-15(7-11-18)14(2)24-22(27)20-13-12-19(28-20)16-4-8-17(23)9-5-16/h4-14H,3H2,1-2H3,(H,24,27)(H,25,26). The van der Waals surface area contributed by atoms with Crippen molar-refractivity contribution >= 4 is 17.5 Å². The highest BCUT2D eigenvalue weighted by Crippen LogP contribution is 2.23. The van der Waals surface area contributed by atoms with E-state index in [1.165, 1.54) is 12.1 Å². The van der Waals surface area contributed by atoms with Crippen molar-refractivity contribution in [2.45, 2.75) is 26.3 Å². The molecule has 5 nitrogen and oxygen atoms in total. The molecular weight excluding hydrogens is 359 g/mol. The van der Waals surface area contributed by atoms with Crippen LogP contribution in [0, 0.1) is 5.82 Å². The van der Waals surface area contributed by atoms with E-state index in [9.17, 15) is 14.0 Å². The van der Waals surface area contributed by atoms with Gasteiger partial charge < -0.3 is 15.1 Å². The minimum Gasteiger partial charge on any atom is -0.451 e. The van der Waals surface area contributed by atoms with Crippen molar-refractivity contribution in [3.05, 3.63) is 77.8 Å². The van der Waals surface area contributed by atoms with E-state index < -0.39 is 0 Å². The Morgan fingerprint density at radius 3 is 2.32 bits per heavy atom. The maximum absolute atomic E-state index is 13.0. The molecule has 0 saturated heterocycles. The van der Waals surface area contributed by atoms with Gasteiger partial charge in [-0.05, 0) is 61.0 Å². The Morgan fingerprint density at radius 2 is 1.68 bits per heavy atom. The molecule has 2 aromatic carbocycles. The molecular formula is C22H21FN2O3. The Morgan fingerprint density at radius 1 is 1.00 bits per heavy atom. The van der Waals surface area contributed by atoms with Crippen molar-refractivity contribution in [3.63, 3.8) is 0 Å². The summed E-state index contributed by atoms with van der Waals surface area (Å²) in [5.74, 6) is -0.0534. The Balaban J connectivity index is 1.64. The van der Waals surface area contributed by atoms with Crippen LogP contribution in [-0.2, 0) is 4.79 Å². The third-order valence-electron chi connectivity index (χ3n) is 4.32. The maximum atomic E-state index is 13.0. The topological polar surface area (TPSA) is 71.3 Å². The number of anilines is 1. The first kappa shape index (κ1) is 19.4. The zero-order valence-electron chi connectivity index (χ0n) is 15.7. The van der Waals surface area contributed by atoms with Crippen molar-refractivity contribution in [1.82, 2.24) is 5.32 Å². The molecule has 0 fully saturated rings. The van der Waals surface area contributed by atoms with Crippen LogP contribution in [0.4, 0.5) is 10.1 Å². The summed E-state index contributed by atoms with van der Waals surface area (Å²) in [7, 11) is 0. The molecule has 1 aromatic heterocycles. The first-order valence-corrected chi connectivity index (χ1v) is 9.02. The summed E-state index contributed by atoms with van der Waals surface area (Å²) in [5.41, 5.74) is 2.30. The van der Waals surface area contributed by atoms with Crippen molar-refractivity contribution in [2.24, 2.45) is 0 Å². The molecule has 0 bridgehead atoms. The first-order chi connectivity index (χ1) is 13.5. The summed E-state index contributed by atoms with van der Waals surface area (Å²) >= 11 is 0. The number of rotatable bonds is 6. The number of hydrogen-bond donors (Lipinski definition) is 2. The summed E-state index contributed by atoms with van der Waals surface area (Å²) in [6.07, 6.45) is 0.414. The second-order valence-electron chi connectivity index (χ2n) is 6.39. The van der Waals surface area contributed by atoms with Crippen molar-refractivity contribution in [2.75, 3.05) is 5.32 Å². The summed E-state index contributed by atoms with van der Waals surface area (Å²) in [4.78, 5) is 23.9. The van der Waals surface area contributed by atoms with Gasteiger partial charge in [-0.25, -0.2) is 4.39 Å². The Kier molecular flexibility index (Phi) is 5.89. The number of amides is 2. The van der Waals surface area contributed by atoms with Gasteiger partial charge in [0.1, 0.15) is 11.6 Å². The SMILES string of the molecule is CCC(=O)Nc1ccc(C(C)NC(=O)c2ccc(-c3ccc(F)cc3)o2)cc1. The first-order valence-electron chi connectivity index (χ1n) is 9.02. The number of carbonyl (C=O) groups is 2. The molecule has 1 unspecified atom stereocenters. The van der Waals surface area contributed by atoms with Gasteiger partial charge in [-0.3, -0.25) is 9.59 Å². The third kappa shape index (κ3) is 4.65. The molecule has 1 heterocycles. The summed E-state index contributed by atoms with van der Waals surface area (Å²) in [6, 6.07) is 16.2. The molecule has 144 valence electrons. The minimum absolute atomic E-state index is 0.0520. The lowest BCUT2D eigenvalue weighted by Crippen LogP contribution is -2.26. The van der Waals surface area contributed by atoms with Gasteiger partial charge in [0, 0.05) is 17.7 Å². The lowest BCUT2D eigenvalue weighted by molar-refractivity contribution is -0.115. The molecule has 0 aliphatic carbocycles. The van der Waals surface area contributed by atoms with Crippen LogP contribution in [-0.4, -0.2) is 11.8 Å². The molecule has 28 heavy (non-hydrogen) atoms. The zero-order chi connectivity index (χ0) is 20.1. The Bertz CT molecular complexity index is 962. The second-order valence-corrected chi connectivity index (χ2v) is 6.39. The smallest absolute Gasteiger partial charge is 0.287 e. The third-order valence-corrected chi connectivity index (χ3v) is 4.32. The predicted molar refractivity (Wildman–Crippen MR) is 105 cm³/mol. The van der Waals surface area contributed by atoms with E-state index in [2.05, 4.69) is 10.6 Å². The summed E-state index contributed by atoms with van der Waals surface area (Å²) < 4.78 is 18.6. The molecule has 3 rings (SSSR count). The zero-order valence-corrected chi connectivity index (χ0v) is 15.7. The fourth-order valence-electron chi connectivity index (χ4n) is 2.68. The van der Waals surface area contributed by atoms with Gasteiger partial charge in [0.25, 0.3) is 5.91 Å². The average molecular weight is 380 g/mol. The van der Waals surface area contributed by atoms with Crippen molar-refractivity contribution in [3.8, 4) is 11.3 Å². The van der Waals surface area contributed by atoms with Gasteiger partial charge in [0.15, 0.2) is 5.76 Å². The highest BCUT2D eigenvalue weighted by Gasteiger charge is 2.16. The van der Waals surface area contributed by atoms with Crippen LogP contribution in [0.15, 0.2) is 65.1 Å². The highest BCUT2D eigenvalue weighted by molar-refractivity contribution is 5.92. The van der Waals surface area contributed by atoms with Crippen LogP contribution in [0.1, 0.15) is 42.4 Å². The number of halogens is 1. The molecule has 0 radical (unpaired) electrons. The number of furan rings is 1. The number of hydrogen-bond acceptors (Lipinski definition) is 3. The number of nitrogens with one attached hydrogen (secondary N) is 2. The van der Waals surface area contributed by atoms with E-state index in [0.29, 0.717) is 23.4 Å². The molecule has 2 N–H and O–H groups in total. The molecule has 1 atom stereocenters. The summed E-state index contributed by atoms with van der Waals surface area (Å²) in [6.45, 7) is 3.65. The van der Waals surface area contributed by atoms with Crippen molar-refractivity contribution in [1.29, 1.82) is 0 Å². The quantitative estimate of drug-likeness (QED) is 0.637. The fraction of sp³-hybridized carbons (Fsp3) is 0.182. The van der Waals surface area contributed by atoms with Crippen LogP contribution in [0.2, 0.25) is 0 Å². The molecule has 6 heteroatoms. The average Bonchev–Trinajstić information content (AvgIpc) is 3.19. The van der Waals surface area contributed by atoms with E-state index >= 15 is 0 Å². The van der Waals surface area contributed by atoms with Crippen LogP contribution >= 0.6 is 0 Å². The van der Waals surface area contributed by atoms with Gasteiger partial charge in [0.2, 0.25) is 5.91 Å². The van der Waals surface area contributed by atoms with E-state index in [-0.39, 0.29) is 29.4 Å². The molecule has 0 aliphatic rings. The predicted octanol–water partition coefficient (Wildman–Crippen LogP) is 4.93. The van der Waals surface area contributed by atoms with Gasteiger partial charge in [-0.1, -0.05) is 19.1 Å². The molecule has 3 aromatic rings. The summed E-state index contributed by atoms with van der Waals surface area (Å²) in [5, 5.41) is 5.66. The van der Waals surface area contributed by atoms with E-state index in [0.717, 1.165) is 5.56 Å². The van der Waals surface area contributed by atoms with Gasteiger partial charge in [-0.2, -0.15) is 0 Å². The van der Waals surface area contributed by atoms with Crippen LogP contribution in [0.25, 0.3) is 11.3 Å². The van der Waals surface area contributed by atoms with E-state index in [1.54, 1.807) is 43.3 Å². The Labute approximate surface area is 162 Å². The van der Waals surface area contributed by atoms with Crippen LogP contribution < -0.4 is 10.6 Å². The second kappa shape index (κ2) is 8.52. The molecule has 0 saturated carbocycles. The fourth-order valence-corrected chi connectivity index (χ4v) is 2.68. The van der Waals surface area contributed by atoms with Gasteiger partial charge in [-0.15, -0.1) is 0 Å². The Hall–Kier alpha value is -3.41. The molecule has 0 spiro atoms. The highest BCUT2D eigenvalue weighted by atomic mass is 19.1. The van der Waals surface area contributed by atoms with E-state index in [1.807, 2.05) is 19.1 Å². The largest absolute Gasteiger partial charge is 0.451 e. The maximum Gasteiger partial charge on any atom is 0.287 e. The normalized spacial score (nSPS) is 11.7. The lowest BCUT2D eigenvalue weighted by Gasteiger charge is -2.14. The van der Waals surface area contributed by atoms with Crippen LogP contribution in [0.5, 0.6) is 0 Å². The number of carbonyl (C=O) groups excluding carboxylic acids is 2. The van der Waals surface area contributed by atoms with Crippen LogP contribution in [0.3, 0.4) is 0 Å². The molecule has 0 aliphatic heterocycles.